The van der Waals surface area contributed by atoms with Gasteiger partial charge in [0, 0.05) is 30.8 Å². The van der Waals surface area contributed by atoms with Crippen LogP contribution in [0.2, 0.25) is 0 Å². The van der Waals surface area contributed by atoms with Gasteiger partial charge in [0.1, 0.15) is 23.9 Å². The molecule has 0 aliphatic heterocycles. The minimum atomic E-state index is -0.342. The van der Waals surface area contributed by atoms with Gasteiger partial charge < -0.3 is 14.2 Å². The number of carbonyl (C=O) groups is 1. The normalized spacial score (nSPS) is 10.5. The molecule has 1 amide bonds. The average molecular weight is 355 g/mol. The van der Waals surface area contributed by atoms with Crippen molar-refractivity contribution in [2.45, 2.75) is 0 Å². The Kier molecular flexibility index (Phi) is 5.01. The molecule has 21 heavy (non-hydrogen) atoms. The molecule has 1 heterocycles. The summed E-state index contributed by atoms with van der Waals surface area (Å²) in [5.74, 6) is 0.0223. The van der Waals surface area contributed by atoms with Gasteiger partial charge in [-0.2, -0.15) is 0 Å². The number of amides is 1. The van der Waals surface area contributed by atoms with Crippen LogP contribution < -0.4 is 4.74 Å². The van der Waals surface area contributed by atoms with E-state index in [2.05, 4.69) is 15.9 Å². The Bertz CT molecular complexity index is 642. The smallest absolute Gasteiger partial charge is 0.270 e. The summed E-state index contributed by atoms with van der Waals surface area (Å²) in [6, 6.07) is 7.71. The molecule has 0 atom stereocenters. The molecule has 0 N–H and O–H groups in total. The highest BCUT2D eigenvalue weighted by atomic mass is 79.9. The van der Waals surface area contributed by atoms with E-state index >= 15 is 0 Å². The summed E-state index contributed by atoms with van der Waals surface area (Å²) in [5.41, 5.74) is 0.593. The fraction of sp³-hybridized carbons (Fsp3) is 0.267. The first-order chi connectivity index (χ1) is 9.97. The molecule has 2 aromatic rings. The molecule has 0 radical (unpaired) electrons. The van der Waals surface area contributed by atoms with E-state index in [0.717, 1.165) is 4.47 Å². The van der Waals surface area contributed by atoms with E-state index in [0.29, 0.717) is 24.6 Å². The van der Waals surface area contributed by atoms with Crippen LogP contribution in [0.1, 0.15) is 10.5 Å². The predicted octanol–water partition coefficient (Wildman–Crippen LogP) is 3.08. The molecule has 0 saturated heterocycles. The third-order valence-corrected chi connectivity index (χ3v) is 3.46. The predicted molar refractivity (Wildman–Crippen MR) is 82.0 cm³/mol. The van der Waals surface area contributed by atoms with E-state index in [4.69, 9.17) is 4.74 Å². The average Bonchev–Trinajstić information content (AvgIpc) is 2.77. The topological polar surface area (TPSA) is 34.5 Å². The maximum absolute atomic E-state index is 13.0. The van der Waals surface area contributed by atoms with Gasteiger partial charge in [-0.15, -0.1) is 0 Å². The summed E-state index contributed by atoms with van der Waals surface area (Å²) in [5, 5.41) is 0. The fourth-order valence-corrected chi connectivity index (χ4v) is 2.42. The monoisotopic (exact) mass is 354 g/mol. The lowest BCUT2D eigenvalue weighted by Crippen LogP contribution is -2.32. The Morgan fingerprint density at radius 2 is 2.19 bits per heavy atom. The van der Waals surface area contributed by atoms with Crippen molar-refractivity contribution in [3.8, 4) is 5.75 Å². The lowest BCUT2D eigenvalue weighted by Gasteiger charge is -2.17. The first-order valence-corrected chi connectivity index (χ1v) is 7.22. The van der Waals surface area contributed by atoms with Crippen LogP contribution in [0.4, 0.5) is 4.39 Å². The van der Waals surface area contributed by atoms with Gasteiger partial charge in [0.2, 0.25) is 0 Å². The second-order valence-corrected chi connectivity index (χ2v) is 5.60. The summed E-state index contributed by atoms with van der Waals surface area (Å²) in [6.07, 6.45) is 1.82. The van der Waals surface area contributed by atoms with Crippen LogP contribution in [0, 0.1) is 5.82 Å². The molecule has 1 aromatic heterocycles. The van der Waals surface area contributed by atoms with Crippen LogP contribution in [-0.4, -0.2) is 35.6 Å². The van der Waals surface area contributed by atoms with Crippen LogP contribution in [0.5, 0.6) is 5.75 Å². The molecule has 4 nitrogen and oxygen atoms in total. The number of benzene rings is 1. The van der Waals surface area contributed by atoms with E-state index in [1.807, 2.05) is 13.2 Å². The minimum Gasteiger partial charge on any atom is -0.492 e. The first kappa shape index (κ1) is 15.6. The number of hydrogen-bond donors (Lipinski definition) is 0. The number of halogens is 2. The van der Waals surface area contributed by atoms with E-state index < -0.39 is 0 Å². The number of aryl methyl sites for hydroxylation is 1. The molecule has 6 heteroatoms. The fourth-order valence-electron chi connectivity index (χ4n) is 1.89. The van der Waals surface area contributed by atoms with E-state index in [9.17, 15) is 9.18 Å². The number of ether oxygens (including phenoxy) is 1. The lowest BCUT2D eigenvalue weighted by molar-refractivity contribution is 0.0764. The number of likely N-dealkylation sites (N-methyl/N-ethyl adjacent to an activating group) is 1. The highest BCUT2D eigenvalue weighted by molar-refractivity contribution is 9.10. The van der Waals surface area contributed by atoms with Crippen molar-refractivity contribution >= 4 is 21.8 Å². The number of rotatable bonds is 5. The van der Waals surface area contributed by atoms with Crippen molar-refractivity contribution in [3.05, 3.63) is 52.5 Å². The Hall–Kier alpha value is -1.82. The highest BCUT2D eigenvalue weighted by Gasteiger charge is 2.15. The molecule has 1 aromatic carbocycles. The third-order valence-electron chi connectivity index (χ3n) is 3.03. The molecule has 0 aliphatic rings. The molecule has 0 fully saturated rings. The minimum absolute atomic E-state index is 0.0916. The molecule has 0 unspecified atom stereocenters. The maximum atomic E-state index is 13.0. The van der Waals surface area contributed by atoms with Crippen LogP contribution in [0.25, 0.3) is 0 Å². The molecule has 0 saturated carbocycles. The molecule has 112 valence electrons. The van der Waals surface area contributed by atoms with Crippen LogP contribution >= 0.6 is 15.9 Å². The van der Waals surface area contributed by atoms with Crippen molar-refractivity contribution in [2.24, 2.45) is 7.05 Å². The van der Waals surface area contributed by atoms with Crippen molar-refractivity contribution in [1.29, 1.82) is 0 Å². The summed E-state index contributed by atoms with van der Waals surface area (Å²) in [7, 11) is 3.52. The second-order valence-electron chi connectivity index (χ2n) is 4.69. The third kappa shape index (κ3) is 4.07. The molecular formula is C15H16BrFN2O2. The zero-order valence-corrected chi connectivity index (χ0v) is 13.4. The van der Waals surface area contributed by atoms with Gasteiger partial charge in [0.15, 0.2) is 0 Å². The summed E-state index contributed by atoms with van der Waals surface area (Å²) in [6.45, 7) is 0.718. The van der Waals surface area contributed by atoms with Gasteiger partial charge in [-0.05, 0) is 34.1 Å². The molecule has 0 bridgehead atoms. The summed E-state index contributed by atoms with van der Waals surface area (Å²) < 4.78 is 21.0. The zero-order chi connectivity index (χ0) is 15.4. The quantitative estimate of drug-likeness (QED) is 0.826. The maximum Gasteiger partial charge on any atom is 0.270 e. The van der Waals surface area contributed by atoms with Gasteiger partial charge in [-0.3, -0.25) is 4.79 Å². The molecular weight excluding hydrogens is 339 g/mol. The van der Waals surface area contributed by atoms with Gasteiger partial charge in [0.25, 0.3) is 5.91 Å². The Morgan fingerprint density at radius 3 is 2.81 bits per heavy atom. The first-order valence-electron chi connectivity index (χ1n) is 6.43. The van der Waals surface area contributed by atoms with Gasteiger partial charge in [0.05, 0.1) is 6.54 Å². The Morgan fingerprint density at radius 1 is 1.43 bits per heavy atom. The number of carbonyl (C=O) groups excluding carboxylic acids is 1. The summed E-state index contributed by atoms with van der Waals surface area (Å²) >= 11 is 3.34. The SMILES string of the molecule is CN(CCOc1cccc(F)c1)C(=O)c1cc(Br)cn1C. The van der Waals surface area contributed by atoms with Gasteiger partial charge in [-0.1, -0.05) is 6.07 Å². The van der Waals surface area contributed by atoms with E-state index in [1.165, 1.54) is 12.1 Å². The zero-order valence-electron chi connectivity index (χ0n) is 11.8. The number of nitrogens with zero attached hydrogens (tertiary/aromatic N) is 2. The van der Waals surface area contributed by atoms with Crippen molar-refractivity contribution < 1.29 is 13.9 Å². The number of aromatic nitrogens is 1. The Labute approximate surface area is 131 Å². The van der Waals surface area contributed by atoms with E-state index in [-0.39, 0.29) is 11.7 Å². The lowest BCUT2D eigenvalue weighted by atomic mass is 10.3. The number of hydrogen-bond acceptors (Lipinski definition) is 2. The van der Waals surface area contributed by atoms with Crippen LogP contribution in [0.15, 0.2) is 41.0 Å². The molecule has 0 spiro atoms. The largest absolute Gasteiger partial charge is 0.492 e. The van der Waals surface area contributed by atoms with Crippen LogP contribution in [0.3, 0.4) is 0 Å². The summed E-state index contributed by atoms with van der Waals surface area (Å²) in [4.78, 5) is 13.8. The molecule has 0 aliphatic carbocycles. The molecule has 2 rings (SSSR count). The standard InChI is InChI=1S/C15H16BrFN2O2/c1-18(15(20)14-8-11(16)10-19(14)2)6-7-21-13-5-3-4-12(17)9-13/h3-5,8-10H,6-7H2,1-2H3. The highest BCUT2D eigenvalue weighted by Crippen LogP contribution is 2.15. The van der Waals surface area contributed by atoms with Crippen molar-refractivity contribution in [3.63, 3.8) is 0 Å². The van der Waals surface area contributed by atoms with E-state index in [1.54, 1.807) is 34.7 Å². The van der Waals surface area contributed by atoms with Gasteiger partial charge in [-0.25, -0.2) is 4.39 Å². The van der Waals surface area contributed by atoms with Gasteiger partial charge >= 0.3 is 0 Å². The van der Waals surface area contributed by atoms with Crippen molar-refractivity contribution in [2.75, 3.05) is 20.2 Å². The van der Waals surface area contributed by atoms with Crippen LogP contribution in [-0.2, 0) is 7.05 Å². The Balaban J connectivity index is 1.88. The second kappa shape index (κ2) is 6.76. The van der Waals surface area contributed by atoms with Crippen molar-refractivity contribution in [1.82, 2.24) is 9.47 Å².